The van der Waals surface area contributed by atoms with Gasteiger partial charge in [-0.15, -0.1) is 0 Å². The number of hydrogen-bond acceptors (Lipinski definition) is 4. The van der Waals surface area contributed by atoms with Crippen LogP contribution in [-0.4, -0.2) is 29.1 Å². The molecule has 4 heterocycles. The Hall–Kier alpha value is -7.96. The summed E-state index contributed by atoms with van der Waals surface area (Å²) in [6.45, 7) is 0. The first-order valence-electron chi connectivity index (χ1n) is 19.5. The molecule has 58 heavy (non-hydrogen) atoms. The molecule has 4 aromatic heterocycles. The first kappa shape index (κ1) is 32.3. The first-order chi connectivity index (χ1) is 28.7. The molecule has 12 rings (SSSR count). The molecule has 12 aromatic rings. The predicted molar refractivity (Wildman–Crippen MR) is 238 cm³/mol. The van der Waals surface area contributed by atoms with E-state index in [-0.39, 0.29) is 0 Å². The molecule has 8 aromatic carbocycles. The Morgan fingerprint density at radius 3 is 1.52 bits per heavy atom. The molecule has 6 nitrogen and oxygen atoms in total. The molecule has 0 atom stereocenters. The third-order valence-corrected chi connectivity index (χ3v) is 11.4. The summed E-state index contributed by atoms with van der Waals surface area (Å²) in [7, 11) is 0. The lowest BCUT2D eigenvalue weighted by atomic mass is 10.1. The molecule has 0 aliphatic heterocycles. The number of rotatable bonds is 5. The van der Waals surface area contributed by atoms with E-state index in [9.17, 15) is 0 Å². The van der Waals surface area contributed by atoms with Gasteiger partial charge in [0.05, 0.1) is 16.6 Å². The van der Waals surface area contributed by atoms with Crippen molar-refractivity contribution < 1.29 is 0 Å². The summed E-state index contributed by atoms with van der Waals surface area (Å²) >= 11 is 0. The van der Waals surface area contributed by atoms with Gasteiger partial charge in [-0.05, 0) is 82.2 Å². The van der Waals surface area contributed by atoms with Gasteiger partial charge in [0, 0.05) is 55.8 Å². The number of aromatic nitrogens is 6. The number of nitrogens with zero attached hydrogens (tertiary/aromatic N) is 6. The van der Waals surface area contributed by atoms with Gasteiger partial charge in [0.2, 0.25) is 0 Å². The Balaban J connectivity index is 1.09. The second kappa shape index (κ2) is 12.8. The highest BCUT2D eigenvalue weighted by Crippen LogP contribution is 2.38. The molecule has 0 saturated carbocycles. The number of para-hydroxylation sites is 2. The van der Waals surface area contributed by atoms with Crippen molar-refractivity contribution in [3.05, 3.63) is 194 Å². The minimum atomic E-state index is 0.616. The van der Waals surface area contributed by atoms with E-state index in [4.69, 9.17) is 19.9 Å². The molecule has 0 bridgehead atoms. The molecule has 0 saturated heterocycles. The second-order valence-corrected chi connectivity index (χ2v) is 14.8. The SMILES string of the molecule is c1ccc(-n2c3cc(-c4nc(-c5ccc6ccccc6c5)nc(-c5ccc6ccccc6c5)n4)ccc3c3ccc(-n4c5ccccc5c5cccnc54)cc32)cc1. The van der Waals surface area contributed by atoms with E-state index >= 15 is 0 Å². The smallest absolute Gasteiger partial charge is 0.164 e. The van der Waals surface area contributed by atoms with Gasteiger partial charge in [-0.25, -0.2) is 19.9 Å². The predicted octanol–water partition coefficient (Wildman–Crippen LogP) is 12.8. The molecule has 6 heteroatoms. The third kappa shape index (κ3) is 5.12. The molecule has 0 spiro atoms. The van der Waals surface area contributed by atoms with Crippen molar-refractivity contribution >= 4 is 65.3 Å². The lowest BCUT2D eigenvalue weighted by Crippen LogP contribution is -2.01. The standard InChI is InChI=1S/C52H32N6/c1-2-15-40(16-3-1)57-47-31-39(24-26-43(47)44-27-25-41(32-48(44)57)58-46-19-9-8-17-42(46)45-18-10-28-53-52(45)58)51-55-49(37-22-20-33-11-4-6-13-35(33)29-37)54-50(56-51)38-23-21-34-12-5-7-14-36(34)30-38/h1-32H. The van der Waals surface area contributed by atoms with Crippen molar-refractivity contribution in [2.45, 2.75) is 0 Å². The zero-order valence-electron chi connectivity index (χ0n) is 31.2. The van der Waals surface area contributed by atoms with E-state index in [2.05, 4.69) is 191 Å². The highest BCUT2D eigenvalue weighted by Gasteiger charge is 2.19. The average Bonchev–Trinajstić information content (AvgIpc) is 3.81. The molecule has 0 unspecified atom stereocenters. The van der Waals surface area contributed by atoms with E-state index in [0.717, 1.165) is 77.2 Å². The van der Waals surface area contributed by atoms with Gasteiger partial charge >= 0.3 is 0 Å². The van der Waals surface area contributed by atoms with Crippen molar-refractivity contribution in [1.82, 2.24) is 29.1 Å². The number of benzene rings is 8. The minimum Gasteiger partial charge on any atom is -0.309 e. The summed E-state index contributed by atoms with van der Waals surface area (Å²) < 4.78 is 4.63. The minimum absolute atomic E-state index is 0.616. The van der Waals surface area contributed by atoms with Gasteiger partial charge in [-0.3, -0.25) is 4.57 Å². The van der Waals surface area contributed by atoms with Gasteiger partial charge < -0.3 is 4.57 Å². The second-order valence-electron chi connectivity index (χ2n) is 14.8. The molecule has 0 N–H and O–H groups in total. The van der Waals surface area contributed by atoms with Crippen molar-refractivity contribution in [3.8, 4) is 45.5 Å². The van der Waals surface area contributed by atoms with E-state index < -0.39 is 0 Å². The highest BCUT2D eigenvalue weighted by atomic mass is 15.1. The monoisotopic (exact) mass is 740 g/mol. The molecule has 0 fully saturated rings. The topological polar surface area (TPSA) is 61.4 Å². The lowest BCUT2D eigenvalue weighted by molar-refractivity contribution is 1.07. The van der Waals surface area contributed by atoms with Crippen LogP contribution in [0.25, 0.3) is 111 Å². The van der Waals surface area contributed by atoms with Crippen LogP contribution >= 0.6 is 0 Å². The number of pyridine rings is 1. The maximum atomic E-state index is 5.20. The highest BCUT2D eigenvalue weighted by molar-refractivity contribution is 6.12. The van der Waals surface area contributed by atoms with E-state index in [0.29, 0.717) is 17.5 Å². The molecule has 270 valence electrons. The van der Waals surface area contributed by atoms with Crippen LogP contribution in [0.3, 0.4) is 0 Å². The van der Waals surface area contributed by atoms with Crippen molar-refractivity contribution in [3.63, 3.8) is 0 Å². The van der Waals surface area contributed by atoms with E-state index in [1.54, 1.807) is 0 Å². The van der Waals surface area contributed by atoms with Crippen LogP contribution in [0.5, 0.6) is 0 Å². The Kier molecular flexibility index (Phi) is 7.13. The summed E-state index contributed by atoms with van der Waals surface area (Å²) in [6, 6.07) is 66.2. The largest absolute Gasteiger partial charge is 0.309 e. The summed E-state index contributed by atoms with van der Waals surface area (Å²) in [4.78, 5) is 20.4. The van der Waals surface area contributed by atoms with E-state index in [1.165, 1.54) is 16.2 Å². The summed E-state index contributed by atoms with van der Waals surface area (Å²) in [6.07, 6.45) is 1.87. The van der Waals surface area contributed by atoms with Gasteiger partial charge in [-0.2, -0.15) is 0 Å². The van der Waals surface area contributed by atoms with Crippen molar-refractivity contribution in [1.29, 1.82) is 0 Å². The number of hydrogen-bond donors (Lipinski definition) is 0. The van der Waals surface area contributed by atoms with Crippen LogP contribution in [0.15, 0.2) is 194 Å². The maximum absolute atomic E-state index is 5.20. The fourth-order valence-electron chi connectivity index (χ4n) is 8.62. The van der Waals surface area contributed by atoms with Gasteiger partial charge in [0.25, 0.3) is 0 Å². The molecule has 0 amide bonds. The molecular formula is C52H32N6. The van der Waals surface area contributed by atoms with Crippen LogP contribution in [0, 0.1) is 0 Å². The molecule has 0 aliphatic rings. The Morgan fingerprint density at radius 2 is 0.828 bits per heavy atom. The Morgan fingerprint density at radius 1 is 0.310 bits per heavy atom. The first-order valence-corrected chi connectivity index (χ1v) is 19.5. The Bertz CT molecular complexity index is 3430. The lowest BCUT2D eigenvalue weighted by Gasteiger charge is -2.12. The van der Waals surface area contributed by atoms with Crippen LogP contribution in [-0.2, 0) is 0 Å². The Labute approximate surface area is 333 Å². The molecular weight excluding hydrogens is 709 g/mol. The summed E-state index contributed by atoms with van der Waals surface area (Å²) in [5.41, 5.74) is 9.14. The van der Waals surface area contributed by atoms with Gasteiger partial charge in [-0.1, -0.05) is 127 Å². The van der Waals surface area contributed by atoms with Crippen molar-refractivity contribution in [2.24, 2.45) is 0 Å². The molecule has 0 aliphatic carbocycles. The van der Waals surface area contributed by atoms with Crippen LogP contribution in [0.1, 0.15) is 0 Å². The van der Waals surface area contributed by atoms with Crippen LogP contribution in [0.4, 0.5) is 0 Å². The zero-order valence-corrected chi connectivity index (χ0v) is 31.2. The maximum Gasteiger partial charge on any atom is 0.164 e. The fourth-order valence-corrected chi connectivity index (χ4v) is 8.62. The van der Waals surface area contributed by atoms with Crippen LogP contribution in [0.2, 0.25) is 0 Å². The molecule has 0 radical (unpaired) electrons. The zero-order chi connectivity index (χ0) is 38.2. The fraction of sp³-hybridized carbons (Fsp3) is 0. The quantitative estimate of drug-likeness (QED) is 0.176. The normalized spacial score (nSPS) is 11.8. The van der Waals surface area contributed by atoms with Crippen LogP contribution < -0.4 is 0 Å². The average molecular weight is 741 g/mol. The van der Waals surface area contributed by atoms with E-state index in [1.807, 2.05) is 12.3 Å². The van der Waals surface area contributed by atoms with Gasteiger partial charge in [0.15, 0.2) is 17.5 Å². The van der Waals surface area contributed by atoms with Crippen molar-refractivity contribution in [2.75, 3.05) is 0 Å². The number of fused-ring (bicyclic) bond motifs is 8. The van der Waals surface area contributed by atoms with Gasteiger partial charge in [0.1, 0.15) is 5.65 Å². The third-order valence-electron chi connectivity index (χ3n) is 11.4. The summed E-state index contributed by atoms with van der Waals surface area (Å²) in [5.74, 6) is 1.88. The summed E-state index contributed by atoms with van der Waals surface area (Å²) in [5, 5.41) is 9.25.